The fourth-order valence-electron chi connectivity index (χ4n) is 0.926. The smallest absolute Gasteiger partial charge is 0.264 e. The minimum absolute atomic E-state index is 0.822. The molecule has 0 aliphatic heterocycles. The summed E-state index contributed by atoms with van der Waals surface area (Å²) in [5.41, 5.74) is 0. The molecule has 0 saturated heterocycles. The van der Waals surface area contributed by atoms with Crippen molar-refractivity contribution in [3.8, 4) is 0 Å². The lowest BCUT2D eigenvalue weighted by molar-refractivity contribution is -0.151. The number of hydrogen-bond acceptors (Lipinski definition) is 3. The maximum atomic E-state index is 11.9. The minimum atomic E-state index is -5.09. The molecule has 98 valence electrons. The van der Waals surface area contributed by atoms with Crippen molar-refractivity contribution in [3.63, 3.8) is 0 Å². The van der Waals surface area contributed by atoms with Crippen molar-refractivity contribution in [2.75, 3.05) is 0 Å². The Labute approximate surface area is 88.3 Å². The summed E-state index contributed by atoms with van der Waals surface area (Å²) < 4.78 is 91.1. The van der Waals surface area contributed by atoms with Crippen LogP contribution in [0.15, 0.2) is 0 Å². The van der Waals surface area contributed by atoms with Crippen LogP contribution in [0.1, 0.15) is 19.3 Å². The Morgan fingerprint density at radius 1 is 1.19 bits per heavy atom. The zero-order chi connectivity index (χ0) is 13.0. The van der Waals surface area contributed by atoms with E-state index in [0.717, 1.165) is 0 Å². The normalized spacial score (nSPS) is 15.4. The van der Waals surface area contributed by atoms with Gasteiger partial charge >= 0.3 is 16.6 Å². The second-order valence-corrected chi connectivity index (χ2v) is 3.98. The van der Waals surface area contributed by atoms with Gasteiger partial charge in [0, 0.05) is 6.42 Å². The molecule has 0 amide bonds. The summed E-state index contributed by atoms with van der Waals surface area (Å²) in [7, 11) is -5.09. The molecule has 1 N–H and O–H groups in total. The Morgan fingerprint density at radius 2 is 1.69 bits per heavy atom. The van der Waals surface area contributed by atoms with Gasteiger partial charge in [0.2, 0.25) is 6.43 Å². The molecule has 0 aromatic carbocycles. The predicted octanol–water partition coefficient (Wildman–Crippen LogP) is 2.17. The van der Waals surface area contributed by atoms with Crippen LogP contribution in [0.4, 0.5) is 22.0 Å². The van der Waals surface area contributed by atoms with E-state index in [4.69, 9.17) is 4.55 Å². The van der Waals surface area contributed by atoms with Gasteiger partial charge < -0.3 is 0 Å². The maximum absolute atomic E-state index is 11.9. The fourth-order valence-corrected chi connectivity index (χ4v) is 1.43. The molecule has 0 bridgehead atoms. The zero-order valence-corrected chi connectivity index (χ0v) is 8.56. The number of hydrogen-bond donors (Lipinski definition) is 1. The molecular weight excluding hydrogens is 263 g/mol. The topological polar surface area (TPSA) is 63.6 Å². The van der Waals surface area contributed by atoms with Gasteiger partial charge in [-0.1, -0.05) is 0 Å². The first-order chi connectivity index (χ1) is 6.99. The molecule has 0 radical (unpaired) electrons. The molecule has 16 heavy (non-hydrogen) atoms. The van der Waals surface area contributed by atoms with E-state index >= 15 is 0 Å². The van der Waals surface area contributed by atoms with Crippen LogP contribution < -0.4 is 0 Å². The Bertz CT molecular complexity index is 299. The predicted molar refractivity (Wildman–Crippen MR) is 42.3 cm³/mol. The second kappa shape index (κ2) is 5.73. The Balaban J connectivity index is 4.40. The molecule has 10 heteroatoms. The van der Waals surface area contributed by atoms with E-state index in [1.807, 2.05) is 0 Å². The van der Waals surface area contributed by atoms with Crippen molar-refractivity contribution >= 4 is 10.4 Å². The summed E-state index contributed by atoms with van der Waals surface area (Å²) in [6, 6.07) is 0. The molecule has 0 aliphatic rings. The summed E-state index contributed by atoms with van der Waals surface area (Å²) in [5.74, 6) is 0. The van der Waals surface area contributed by atoms with Gasteiger partial charge in [-0.15, -0.1) is 0 Å². The first kappa shape index (κ1) is 15.5. The van der Waals surface area contributed by atoms with Crippen molar-refractivity contribution in [2.24, 2.45) is 0 Å². The van der Waals surface area contributed by atoms with Crippen LogP contribution in [-0.4, -0.2) is 31.7 Å². The van der Waals surface area contributed by atoms with Gasteiger partial charge in [0.1, 0.15) is 0 Å². The van der Waals surface area contributed by atoms with Crippen molar-refractivity contribution in [1.82, 2.24) is 0 Å². The highest BCUT2D eigenvalue weighted by Crippen LogP contribution is 2.26. The number of halogens is 5. The first-order valence-corrected chi connectivity index (χ1v) is 5.37. The monoisotopic (exact) mass is 272 g/mol. The van der Waals surface area contributed by atoms with Crippen molar-refractivity contribution in [3.05, 3.63) is 0 Å². The van der Waals surface area contributed by atoms with Crippen LogP contribution in [0.2, 0.25) is 0 Å². The molecule has 0 heterocycles. The lowest BCUT2D eigenvalue weighted by Gasteiger charge is -2.16. The van der Waals surface area contributed by atoms with Gasteiger partial charge in [0.15, 0.2) is 0 Å². The van der Waals surface area contributed by atoms with Crippen LogP contribution in [-0.2, 0) is 14.6 Å². The molecule has 0 saturated carbocycles. The van der Waals surface area contributed by atoms with E-state index in [2.05, 4.69) is 4.18 Å². The van der Waals surface area contributed by atoms with Crippen molar-refractivity contribution in [1.29, 1.82) is 0 Å². The minimum Gasteiger partial charge on any atom is -0.264 e. The lowest BCUT2D eigenvalue weighted by Crippen LogP contribution is -2.25. The molecule has 0 aromatic rings. The molecule has 0 aromatic heterocycles. The lowest BCUT2D eigenvalue weighted by atomic mass is 10.1. The Morgan fingerprint density at radius 3 is 2.00 bits per heavy atom. The average Bonchev–Trinajstić information content (AvgIpc) is 1.93. The summed E-state index contributed by atoms with van der Waals surface area (Å²) in [5, 5.41) is 0. The molecular formula is C6H9F5O4S. The van der Waals surface area contributed by atoms with Crippen molar-refractivity contribution in [2.45, 2.75) is 38.0 Å². The fraction of sp³-hybridized carbons (Fsp3) is 1.00. The summed E-state index contributed by atoms with van der Waals surface area (Å²) in [6.07, 6.45) is -13.2. The van der Waals surface area contributed by atoms with Gasteiger partial charge in [0.05, 0.1) is 12.5 Å². The number of alkyl halides is 5. The van der Waals surface area contributed by atoms with Crippen LogP contribution in [0, 0.1) is 0 Å². The van der Waals surface area contributed by atoms with E-state index in [1.54, 1.807) is 0 Å². The highest BCUT2D eigenvalue weighted by molar-refractivity contribution is 7.80. The standard InChI is InChI=1S/C6H9F5O4S/c7-5(8)2-1-4(3-6(9,10)11)15-16(12,13)14/h4-5H,1-3H2,(H,12,13,14). The average molecular weight is 272 g/mol. The van der Waals surface area contributed by atoms with Crippen LogP contribution in [0.25, 0.3) is 0 Å². The summed E-state index contributed by atoms with van der Waals surface area (Å²) >= 11 is 0. The van der Waals surface area contributed by atoms with Crippen LogP contribution >= 0.6 is 0 Å². The van der Waals surface area contributed by atoms with Gasteiger partial charge in [-0.05, 0) is 6.42 Å². The molecule has 0 rings (SSSR count). The molecule has 1 atom stereocenters. The highest BCUT2D eigenvalue weighted by atomic mass is 32.3. The molecule has 4 nitrogen and oxygen atoms in total. The largest absolute Gasteiger partial charge is 0.397 e. The van der Waals surface area contributed by atoms with Crippen LogP contribution in [0.5, 0.6) is 0 Å². The van der Waals surface area contributed by atoms with Crippen molar-refractivity contribution < 1.29 is 39.1 Å². The van der Waals surface area contributed by atoms with Crippen LogP contribution in [0.3, 0.4) is 0 Å². The maximum Gasteiger partial charge on any atom is 0.397 e. The van der Waals surface area contributed by atoms with E-state index in [9.17, 15) is 30.4 Å². The third-order valence-electron chi connectivity index (χ3n) is 1.42. The SMILES string of the molecule is O=S(=O)(O)OC(CCC(F)F)CC(F)(F)F. The Hall–Kier alpha value is -0.480. The first-order valence-electron chi connectivity index (χ1n) is 4.00. The third-order valence-corrected chi connectivity index (χ3v) is 1.94. The van der Waals surface area contributed by atoms with E-state index in [0.29, 0.717) is 0 Å². The van der Waals surface area contributed by atoms with Gasteiger partial charge in [0.25, 0.3) is 0 Å². The quantitative estimate of drug-likeness (QED) is 0.594. The second-order valence-electron chi connectivity index (χ2n) is 2.93. The molecule has 0 fully saturated rings. The third kappa shape index (κ3) is 10.1. The molecule has 0 spiro atoms. The zero-order valence-electron chi connectivity index (χ0n) is 7.75. The van der Waals surface area contributed by atoms with E-state index < -0.39 is 48.4 Å². The molecule has 1 unspecified atom stereocenters. The summed E-state index contributed by atoms with van der Waals surface area (Å²) in [4.78, 5) is 0. The van der Waals surface area contributed by atoms with E-state index in [1.165, 1.54) is 0 Å². The molecule has 0 aliphatic carbocycles. The highest BCUT2D eigenvalue weighted by Gasteiger charge is 2.34. The van der Waals surface area contributed by atoms with Gasteiger partial charge in [-0.2, -0.15) is 21.6 Å². The summed E-state index contributed by atoms with van der Waals surface area (Å²) in [6.45, 7) is 0. The van der Waals surface area contributed by atoms with Gasteiger partial charge in [-0.3, -0.25) is 4.55 Å². The van der Waals surface area contributed by atoms with Gasteiger partial charge in [-0.25, -0.2) is 13.0 Å². The Kier molecular flexibility index (Phi) is 5.56. The number of rotatable bonds is 6. The van der Waals surface area contributed by atoms with E-state index in [-0.39, 0.29) is 0 Å².